The van der Waals surface area contributed by atoms with E-state index in [1.54, 1.807) is 66.7 Å². The summed E-state index contributed by atoms with van der Waals surface area (Å²) in [7, 11) is 1.44. The smallest absolute Gasteiger partial charge is 0.343 e. The van der Waals surface area contributed by atoms with Crippen molar-refractivity contribution < 1.29 is 28.6 Å². The van der Waals surface area contributed by atoms with Gasteiger partial charge < -0.3 is 19.5 Å². The number of nitrogens with one attached hydrogen (secondary N) is 2. The fraction of sp³-hybridized carbons (Fsp3) is 0.154. The molecule has 0 aromatic heterocycles. The van der Waals surface area contributed by atoms with Gasteiger partial charge >= 0.3 is 5.97 Å². The molecule has 0 fully saturated rings. The number of halogens is 1. The topological polar surface area (TPSA) is 115 Å². The molecule has 0 bridgehead atoms. The Kier molecular flexibility index (Phi) is 9.41. The maximum atomic E-state index is 12.5. The van der Waals surface area contributed by atoms with Gasteiger partial charge in [-0.3, -0.25) is 9.59 Å². The van der Waals surface area contributed by atoms with E-state index in [9.17, 15) is 14.4 Å². The van der Waals surface area contributed by atoms with E-state index in [-0.39, 0.29) is 12.3 Å². The number of amides is 2. The minimum absolute atomic E-state index is 0.225. The molecule has 0 heterocycles. The Morgan fingerprint density at radius 3 is 2.31 bits per heavy atom. The number of carbonyl (C=O) groups excluding carboxylic acids is 3. The molecular formula is C26H24ClN3O6. The van der Waals surface area contributed by atoms with Gasteiger partial charge in [0.2, 0.25) is 0 Å². The minimum atomic E-state index is -0.550. The lowest BCUT2D eigenvalue weighted by atomic mass is 10.2. The summed E-state index contributed by atoms with van der Waals surface area (Å²) in [5.41, 5.74) is 3.65. The van der Waals surface area contributed by atoms with Crippen molar-refractivity contribution in [2.45, 2.75) is 6.92 Å². The second kappa shape index (κ2) is 12.9. The quantitative estimate of drug-likeness (QED) is 0.186. The molecule has 3 aromatic carbocycles. The SMILES string of the molecule is CCOc1ccc(C(=O)Oc2ccc(/C=N\NC(=O)CNC(=O)c3ccc(Cl)cc3)cc2OC)cc1. The van der Waals surface area contributed by atoms with Crippen molar-refractivity contribution in [3.63, 3.8) is 0 Å². The molecular weight excluding hydrogens is 486 g/mol. The molecule has 0 atom stereocenters. The van der Waals surface area contributed by atoms with Gasteiger partial charge in [-0.2, -0.15) is 5.10 Å². The van der Waals surface area contributed by atoms with Crippen LogP contribution in [0.5, 0.6) is 17.2 Å². The van der Waals surface area contributed by atoms with E-state index in [0.29, 0.717) is 39.8 Å². The van der Waals surface area contributed by atoms with Crippen LogP contribution in [0, 0.1) is 0 Å². The van der Waals surface area contributed by atoms with E-state index < -0.39 is 17.8 Å². The first-order chi connectivity index (χ1) is 17.4. The lowest BCUT2D eigenvalue weighted by Crippen LogP contribution is -2.34. The van der Waals surface area contributed by atoms with Crippen LogP contribution in [0.15, 0.2) is 71.8 Å². The van der Waals surface area contributed by atoms with Crippen LogP contribution in [-0.2, 0) is 4.79 Å². The molecule has 0 spiro atoms. The van der Waals surface area contributed by atoms with Gasteiger partial charge in [0.25, 0.3) is 11.8 Å². The fourth-order valence-corrected chi connectivity index (χ4v) is 3.07. The second-order valence-corrected chi connectivity index (χ2v) is 7.68. The Morgan fingerprint density at radius 2 is 1.64 bits per heavy atom. The maximum absolute atomic E-state index is 12.5. The first-order valence-electron chi connectivity index (χ1n) is 10.9. The number of carbonyl (C=O) groups is 3. The Hall–Kier alpha value is -4.37. The molecule has 0 saturated heterocycles. The monoisotopic (exact) mass is 509 g/mol. The number of hydrogen-bond donors (Lipinski definition) is 2. The summed E-state index contributed by atoms with van der Waals surface area (Å²) >= 11 is 5.80. The van der Waals surface area contributed by atoms with Crippen LogP contribution in [0.3, 0.4) is 0 Å². The summed E-state index contributed by atoms with van der Waals surface area (Å²) in [6, 6.07) is 17.7. The molecule has 186 valence electrons. The summed E-state index contributed by atoms with van der Waals surface area (Å²) < 4.78 is 16.1. The van der Waals surface area contributed by atoms with Crippen LogP contribution in [0.1, 0.15) is 33.2 Å². The summed E-state index contributed by atoms with van der Waals surface area (Å²) in [6.07, 6.45) is 1.39. The van der Waals surface area contributed by atoms with Crippen molar-refractivity contribution in [1.29, 1.82) is 0 Å². The lowest BCUT2D eigenvalue weighted by molar-refractivity contribution is -0.120. The Bertz CT molecular complexity index is 1240. The van der Waals surface area contributed by atoms with E-state index in [4.69, 9.17) is 25.8 Å². The van der Waals surface area contributed by atoms with Gasteiger partial charge in [0, 0.05) is 10.6 Å². The molecule has 0 aliphatic carbocycles. The number of benzene rings is 3. The molecule has 0 radical (unpaired) electrons. The predicted octanol–water partition coefficient (Wildman–Crippen LogP) is 3.85. The highest BCUT2D eigenvalue weighted by molar-refractivity contribution is 6.30. The van der Waals surface area contributed by atoms with E-state index in [1.807, 2.05) is 6.92 Å². The third-order valence-corrected chi connectivity index (χ3v) is 4.96. The van der Waals surface area contributed by atoms with E-state index in [2.05, 4.69) is 15.8 Å². The highest BCUT2D eigenvalue weighted by Crippen LogP contribution is 2.28. The summed E-state index contributed by atoms with van der Waals surface area (Å²) in [4.78, 5) is 36.5. The normalized spacial score (nSPS) is 10.5. The van der Waals surface area contributed by atoms with E-state index in [1.165, 1.54) is 13.3 Å². The predicted molar refractivity (Wildman–Crippen MR) is 135 cm³/mol. The first kappa shape index (κ1) is 26.2. The van der Waals surface area contributed by atoms with E-state index >= 15 is 0 Å². The summed E-state index contributed by atoms with van der Waals surface area (Å²) in [5, 5.41) is 6.87. The average Bonchev–Trinajstić information content (AvgIpc) is 2.89. The van der Waals surface area contributed by atoms with Crippen molar-refractivity contribution in [2.24, 2.45) is 5.10 Å². The average molecular weight is 510 g/mol. The Labute approximate surface area is 213 Å². The molecule has 2 N–H and O–H groups in total. The van der Waals surface area contributed by atoms with Crippen molar-refractivity contribution in [3.05, 3.63) is 88.4 Å². The van der Waals surface area contributed by atoms with Gasteiger partial charge in [0.15, 0.2) is 11.5 Å². The molecule has 10 heteroatoms. The van der Waals surface area contributed by atoms with Crippen molar-refractivity contribution in [2.75, 3.05) is 20.3 Å². The van der Waals surface area contributed by atoms with Crippen molar-refractivity contribution in [1.82, 2.24) is 10.7 Å². The number of nitrogens with zero attached hydrogens (tertiary/aromatic N) is 1. The van der Waals surface area contributed by atoms with Crippen molar-refractivity contribution in [3.8, 4) is 17.2 Å². The fourth-order valence-electron chi connectivity index (χ4n) is 2.94. The number of hydrogen-bond acceptors (Lipinski definition) is 7. The maximum Gasteiger partial charge on any atom is 0.343 e. The minimum Gasteiger partial charge on any atom is -0.494 e. The molecule has 36 heavy (non-hydrogen) atoms. The number of esters is 1. The van der Waals surface area contributed by atoms with Crippen LogP contribution in [0.4, 0.5) is 0 Å². The van der Waals surface area contributed by atoms with Gasteiger partial charge in [-0.1, -0.05) is 11.6 Å². The molecule has 0 saturated carbocycles. The lowest BCUT2D eigenvalue weighted by Gasteiger charge is -2.10. The third-order valence-electron chi connectivity index (χ3n) is 4.71. The molecule has 3 aromatic rings. The molecule has 0 unspecified atom stereocenters. The highest BCUT2D eigenvalue weighted by atomic mass is 35.5. The highest BCUT2D eigenvalue weighted by Gasteiger charge is 2.13. The van der Waals surface area contributed by atoms with Gasteiger partial charge in [0.05, 0.1) is 32.0 Å². The van der Waals surface area contributed by atoms with Crippen LogP contribution in [-0.4, -0.2) is 44.3 Å². The number of rotatable bonds is 10. The van der Waals surface area contributed by atoms with Gasteiger partial charge in [-0.25, -0.2) is 10.2 Å². The molecule has 2 amide bonds. The zero-order valence-electron chi connectivity index (χ0n) is 19.6. The van der Waals surface area contributed by atoms with Gasteiger partial charge in [-0.05, 0) is 79.2 Å². The van der Waals surface area contributed by atoms with Gasteiger partial charge in [-0.15, -0.1) is 0 Å². The first-order valence-corrected chi connectivity index (χ1v) is 11.3. The number of ether oxygens (including phenoxy) is 3. The summed E-state index contributed by atoms with van der Waals surface area (Å²) in [6.45, 7) is 2.14. The van der Waals surface area contributed by atoms with Crippen LogP contribution >= 0.6 is 11.6 Å². The Balaban J connectivity index is 1.53. The zero-order valence-corrected chi connectivity index (χ0v) is 20.4. The van der Waals surface area contributed by atoms with Crippen LogP contribution in [0.2, 0.25) is 5.02 Å². The van der Waals surface area contributed by atoms with Crippen LogP contribution in [0.25, 0.3) is 0 Å². The zero-order chi connectivity index (χ0) is 25.9. The van der Waals surface area contributed by atoms with E-state index in [0.717, 1.165) is 0 Å². The standard InChI is InChI=1S/C26H24ClN3O6/c1-3-35-21-11-7-19(8-12-21)26(33)36-22-13-4-17(14-23(22)34-2)15-29-30-24(31)16-28-25(32)18-5-9-20(27)10-6-18/h4-15H,3,16H2,1-2H3,(H,28,32)(H,30,31)/b29-15-. The van der Waals surface area contributed by atoms with Crippen molar-refractivity contribution >= 4 is 35.6 Å². The van der Waals surface area contributed by atoms with Gasteiger partial charge in [0.1, 0.15) is 5.75 Å². The largest absolute Gasteiger partial charge is 0.494 e. The molecule has 3 rings (SSSR count). The molecule has 0 aliphatic rings. The third kappa shape index (κ3) is 7.57. The van der Waals surface area contributed by atoms with Crippen LogP contribution < -0.4 is 25.0 Å². The second-order valence-electron chi connectivity index (χ2n) is 7.24. The number of methoxy groups -OCH3 is 1. The Morgan fingerprint density at radius 1 is 0.944 bits per heavy atom. The molecule has 0 aliphatic heterocycles. The summed E-state index contributed by atoms with van der Waals surface area (Å²) in [5.74, 6) is -0.286. The molecule has 9 nitrogen and oxygen atoms in total. The number of hydrazone groups is 1.